The molecule has 0 N–H and O–H groups in total. The van der Waals surface area contributed by atoms with Gasteiger partial charge in [0, 0.05) is 31.9 Å². The number of aromatic nitrogens is 1. The number of ether oxygens (including phenoxy) is 4. The summed E-state index contributed by atoms with van der Waals surface area (Å²) in [5.41, 5.74) is 1.26. The Kier molecular flexibility index (Phi) is 8.20. The van der Waals surface area contributed by atoms with Crippen LogP contribution in [-0.4, -0.2) is 50.5 Å². The van der Waals surface area contributed by atoms with Crippen LogP contribution in [-0.2, 0) is 27.8 Å². The fourth-order valence-corrected chi connectivity index (χ4v) is 5.20. The van der Waals surface area contributed by atoms with Gasteiger partial charge in [0.25, 0.3) is 0 Å². The van der Waals surface area contributed by atoms with Gasteiger partial charge in [0.15, 0.2) is 11.5 Å². The molecule has 0 aliphatic carbocycles. The molecule has 1 fully saturated rings. The molecule has 12 heteroatoms. The first-order valence-corrected chi connectivity index (χ1v) is 12.7. The molecule has 1 atom stereocenters. The Morgan fingerprint density at radius 3 is 2.43 bits per heavy atom. The molecule has 0 amide bonds. The van der Waals surface area contributed by atoms with Gasteiger partial charge in [-0.25, -0.2) is 8.42 Å². The first kappa shape index (κ1) is 26.7. The van der Waals surface area contributed by atoms with E-state index < -0.39 is 22.1 Å². The second-order valence-corrected chi connectivity index (χ2v) is 10.2. The molecule has 0 spiro atoms. The molecule has 1 aliphatic rings. The number of pyridine rings is 1. The summed E-state index contributed by atoms with van der Waals surface area (Å²) in [4.78, 5) is 3.86. The van der Waals surface area contributed by atoms with Crippen LogP contribution in [0, 0.1) is 0 Å². The zero-order chi connectivity index (χ0) is 26.5. The highest BCUT2D eigenvalue weighted by Crippen LogP contribution is 2.32. The average Bonchev–Trinajstić information content (AvgIpc) is 3.37. The van der Waals surface area contributed by atoms with Crippen molar-refractivity contribution in [3.8, 4) is 17.2 Å². The van der Waals surface area contributed by atoms with E-state index in [-0.39, 0.29) is 24.1 Å². The van der Waals surface area contributed by atoms with E-state index in [2.05, 4.69) is 9.72 Å². The zero-order valence-electron chi connectivity index (χ0n) is 19.8. The van der Waals surface area contributed by atoms with Crippen LogP contribution in [0.25, 0.3) is 0 Å². The number of rotatable bonds is 10. The lowest BCUT2D eigenvalue weighted by molar-refractivity contribution is -0.274. The van der Waals surface area contributed by atoms with Gasteiger partial charge in [0.2, 0.25) is 10.0 Å². The molecule has 3 aromatic rings. The number of halogens is 3. The van der Waals surface area contributed by atoms with Crippen molar-refractivity contribution in [1.29, 1.82) is 0 Å². The molecule has 4 rings (SSSR count). The van der Waals surface area contributed by atoms with E-state index in [1.54, 1.807) is 42.7 Å². The molecule has 1 saturated heterocycles. The van der Waals surface area contributed by atoms with Gasteiger partial charge in [-0.2, -0.15) is 4.31 Å². The first-order chi connectivity index (χ1) is 17.6. The molecule has 0 bridgehead atoms. The Morgan fingerprint density at radius 2 is 1.81 bits per heavy atom. The molecule has 0 radical (unpaired) electrons. The monoisotopic (exact) mass is 538 g/mol. The molecule has 1 unspecified atom stereocenters. The molecule has 2 heterocycles. The van der Waals surface area contributed by atoms with Crippen molar-refractivity contribution in [3.05, 3.63) is 78.1 Å². The van der Waals surface area contributed by atoms with Crippen molar-refractivity contribution >= 4 is 10.0 Å². The maximum Gasteiger partial charge on any atom is 0.573 e. The van der Waals surface area contributed by atoms with Crippen LogP contribution >= 0.6 is 0 Å². The second-order valence-electron chi connectivity index (χ2n) is 8.24. The zero-order valence-corrected chi connectivity index (χ0v) is 20.7. The Balaban J connectivity index is 1.60. The van der Waals surface area contributed by atoms with E-state index in [4.69, 9.17) is 14.2 Å². The summed E-state index contributed by atoms with van der Waals surface area (Å²) in [7, 11) is -2.63. The lowest BCUT2D eigenvalue weighted by Gasteiger charge is -2.23. The smallest absolute Gasteiger partial charge is 0.493 e. The topological polar surface area (TPSA) is 87.2 Å². The van der Waals surface area contributed by atoms with Crippen LogP contribution in [0.2, 0.25) is 0 Å². The minimum atomic E-state index is -4.88. The first-order valence-electron chi connectivity index (χ1n) is 11.3. The third-order valence-corrected chi connectivity index (χ3v) is 7.35. The highest BCUT2D eigenvalue weighted by atomic mass is 32.2. The summed E-state index contributed by atoms with van der Waals surface area (Å²) in [6.07, 6.45) is -1.10. The van der Waals surface area contributed by atoms with Crippen LogP contribution in [0.4, 0.5) is 13.2 Å². The number of benzene rings is 2. The largest absolute Gasteiger partial charge is 0.573 e. The van der Waals surface area contributed by atoms with Gasteiger partial charge < -0.3 is 18.9 Å². The fourth-order valence-electron chi connectivity index (χ4n) is 3.78. The Labute approximate surface area is 212 Å². The lowest BCUT2D eigenvalue weighted by Crippen LogP contribution is -2.30. The minimum absolute atomic E-state index is 0.0169. The van der Waals surface area contributed by atoms with E-state index in [9.17, 15) is 21.6 Å². The van der Waals surface area contributed by atoms with Crippen molar-refractivity contribution in [2.45, 2.75) is 36.9 Å². The van der Waals surface area contributed by atoms with E-state index in [1.165, 1.54) is 11.4 Å². The number of methoxy groups -OCH3 is 1. The third-order valence-electron chi connectivity index (χ3n) is 5.55. The van der Waals surface area contributed by atoms with Gasteiger partial charge in [-0.3, -0.25) is 4.98 Å². The molecule has 8 nitrogen and oxygen atoms in total. The van der Waals surface area contributed by atoms with Crippen molar-refractivity contribution < 1.29 is 40.5 Å². The number of hydrogen-bond acceptors (Lipinski definition) is 7. The summed E-state index contributed by atoms with van der Waals surface area (Å²) in [6.45, 7) is 1.04. The maximum absolute atomic E-state index is 13.6. The van der Waals surface area contributed by atoms with Crippen molar-refractivity contribution in [3.63, 3.8) is 0 Å². The van der Waals surface area contributed by atoms with E-state index in [1.807, 2.05) is 0 Å². The van der Waals surface area contributed by atoms with Gasteiger partial charge in [0.1, 0.15) is 11.9 Å². The highest BCUT2D eigenvalue weighted by Gasteiger charge is 2.32. The van der Waals surface area contributed by atoms with Crippen LogP contribution in [0.15, 0.2) is 71.9 Å². The van der Waals surface area contributed by atoms with Crippen molar-refractivity contribution in [2.24, 2.45) is 0 Å². The summed E-state index contributed by atoms with van der Waals surface area (Å²) in [5, 5.41) is 0. The summed E-state index contributed by atoms with van der Waals surface area (Å²) in [6, 6.07) is 12.6. The van der Waals surface area contributed by atoms with Crippen LogP contribution in [0.3, 0.4) is 0 Å². The molecule has 198 valence electrons. The number of sulfonamides is 1. The lowest BCUT2D eigenvalue weighted by atomic mass is 10.2. The van der Waals surface area contributed by atoms with Gasteiger partial charge >= 0.3 is 6.36 Å². The summed E-state index contributed by atoms with van der Waals surface area (Å²) < 4.78 is 86.5. The standard InChI is InChI=1S/C25H25F3N2O6S/c1-33-24-13-18(4-9-23(24)35-21-10-12-34-17-21)15-30(16-19-3-2-11-29-14-19)37(31,32)22-7-5-20(6-8-22)36-25(26,27)28/h2-9,11,13-14,21H,10,12,15-17H2,1H3. The molecule has 2 aromatic carbocycles. The molecular formula is C25H25F3N2O6S. The van der Waals surface area contributed by atoms with Crippen molar-refractivity contribution in [1.82, 2.24) is 9.29 Å². The minimum Gasteiger partial charge on any atom is -0.493 e. The molecule has 1 aliphatic heterocycles. The average molecular weight is 539 g/mol. The number of hydrogen-bond donors (Lipinski definition) is 0. The Morgan fingerprint density at radius 1 is 1.05 bits per heavy atom. The van der Waals surface area contributed by atoms with Gasteiger partial charge in [-0.05, 0) is 53.6 Å². The highest BCUT2D eigenvalue weighted by molar-refractivity contribution is 7.89. The van der Waals surface area contributed by atoms with E-state index >= 15 is 0 Å². The van der Waals surface area contributed by atoms with Crippen molar-refractivity contribution in [2.75, 3.05) is 20.3 Å². The van der Waals surface area contributed by atoms with Crippen LogP contribution in [0.5, 0.6) is 17.2 Å². The molecule has 37 heavy (non-hydrogen) atoms. The quantitative estimate of drug-likeness (QED) is 0.374. The predicted octanol–water partition coefficient (Wildman–Crippen LogP) is 4.55. The molecular weight excluding hydrogens is 513 g/mol. The summed E-state index contributed by atoms with van der Waals surface area (Å²) >= 11 is 0. The van der Waals surface area contributed by atoms with Crippen LogP contribution in [0.1, 0.15) is 17.5 Å². The Bertz CT molecular complexity index is 1280. The van der Waals surface area contributed by atoms with Gasteiger partial charge in [-0.15, -0.1) is 13.2 Å². The molecule has 1 aromatic heterocycles. The number of nitrogens with zero attached hydrogens (tertiary/aromatic N) is 2. The normalized spacial score (nSPS) is 16.1. The van der Waals surface area contributed by atoms with Gasteiger partial charge in [-0.1, -0.05) is 12.1 Å². The number of alkyl halides is 3. The van der Waals surface area contributed by atoms with Crippen LogP contribution < -0.4 is 14.2 Å². The SMILES string of the molecule is COc1cc(CN(Cc2cccnc2)S(=O)(=O)c2ccc(OC(F)(F)F)cc2)ccc1OC1CCOC1. The van der Waals surface area contributed by atoms with Gasteiger partial charge in [0.05, 0.1) is 25.2 Å². The fraction of sp³-hybridized carbons (Fsp3) is 0.320. The predicted molar refractivity (Wildman–Crippen MR) is 127 cm³/mol. The van der Waals surface area contributed by atoms with E-state index in [0.717, 1.165) is 30.7 Å². The van der Waals surface area contributed by atoms with E-state index in [0.29, 0.717) is 35.8 Å². The maximum atomic E-state index is 13.6. The second kappa shape index (κ2) is 11.4. The summed E-state index contributed by atoms with van der Waals surface area (Å²) in [5.74, 6) is 0.443. The third kappa shape index (κ3) is 7.12. The Hall–Kier alpha value is -3.35. The molecule has 0 saturated carbocycles.